The van der Waals surface area contributed by atoms with Crippen LogP contribution in [0.1, 0.15) is 55.5 Å². The van der Waals surface area contributed by atoms with Gasteiger partial charge in [0, 0.05) is 24.8 Å². The van der Waals surface area contributed by atoms with Crippen LogP contribution in [0.3, 0.4) is 0 Å². The van der Waals surface area contributed by atoms with E-state index in [9.17, 15) is 9.59 Å². The molecular weight excluding hydrogens is 302 g/mol. The van der Waals surface area contributed by atoms with E-state index in [0.717, 1.165) is 44.3 Å². The van der Waals surface area contributed by atoms with Gasteiger partial charge in [0.1, 0.15) is 5.56 Å². The summed E-state index contributed by atoms with van der Waals surface area (Å²) in [6, 6.07) is 2.33. The first kappa shape index (κ1) is 17.2. The third-order valence-corrected chi connectivity index (χ3v) is 5.63. The number of piperidine rings is 1. The van der Waals surface area contributed by atoms with Crippen LogP contribution in [0, 0.1) is 12.8 Å². The van der Waals surface area contributed by atoms with E-state index in [0.29, 0.717) is 18.0 Å². The number of hydrogen-bond donors (Lipinski definition) is 1. The minimum Gasteiger partial charge on any atom is -0.333 e. The Morgan fingerprint density at radius 3 is 2.58 bits per heavy atom. The van der Waals surface area contributed by atoms with Crippen molar-refractivity contribution in [2.75, 3.05) is 13.1 Å². The second kappa shape index (κ2) is 7.09. The summed E-state index contributed by atoms with van der Waals surface area (Å²) in [6.07, 6.45) is 6.16. The lowest BCUT2D eigenvalue weighted by Crippen LogP contribution is -2.43. The molecule has 2 aliphatic heterocycles. The average molecular weight is 331 g/mol. The van der Waals surface area contributed by atoms with Gasteiger partial charge in [0.15, 0.2) is 0 Å². The van der Waals surface area contributed by atoms with Crippen LogP contribution >= 0.6 is 0 Å². The maximum Gasteiger partial charge on any atom is 0.263 e. The molecule has 0 saturated carbocycles. The molecule has 0 spiro atoms. The Balaban J connectivity index is 1.88. The summed E-state index contributed by atoms with van der Waals surface area (Å²) in [5.74, 6) is 0.373. The Bertz CT molecular complexity index is 651. The van der Waals surface area contributed by atoms with Gasteiger partial charge >= 0.3 is 0 Å². The SMILES string of the molecule is Cc1ccn(CC2CCCNC2)c(=O)c1C(=O)N1[C@H](C)CC[C@@H]1C. The lowest BCUT2D eigenvalue weighted by molar-refractivity contribution is 0.0689. The van der Waals surface area contributed by atoms with Gasteiger partial charge in [-0.25, -0.2) is 0 Å². The van der Waals surface area contributed by atoms with Crippen molar-refractivity contribution in [1.29, 1.82) is 0 Å². The number of pyridine rings is 1. The summed E-state index contributed by atoms with van der Waals surface area (Å²) in [4.78, 5) is 27.9. The number of hydrogen-bond acceptors (Lipinski definition) is 3. The summed E-state index contributed by atoms with van der Waals surface area (Å²) >= 11 is 0. The van der Waals surface area contributed by atoms with Crippen molar-refractivity contribution in [3.05, 3.63) is 33.7 Å². The second-order valence-electron chi connectivity index (χ2n) is 7.53. The number of carbonyl (C=O) groups is 1. The third-order valence-electron chi connectivity index (χ3n) is 5.63. The van der Waals surface area contributed by atoms with Crippen LogP contribution in [0.5, 0.6) is 0 Å². The van der Waals surface area contributed by atoms with E-state index >= 15 is 0 Å². The molecule has 1 aromatic rings. The topological polar surface area (TPSA) is 54.3 Å². The molecular formula is C19H29N3O2. The van der Waals surface area contributed by atoms with Gasteiger partial charge in [-0.05, 0) is 77.1 Å². The van der Waals surface area contributed by atoms with Crippen molar-refractivity contribution in [3.8, 4) is 0 Å². The maximum atomic E-state index is 13.1. The summed E-state index contributed by atoms with van der Waals surface area (Å²) in [6.45, 7) is 8.72. The number of aromatic nitrogens is 1. The summed E-state index contributed by atoms with van der Waals surface area (Å²) in [5.41, 5.74) is 1.02. The molecule has 3 rings (SSSR count). The van der Waals surface area contributed by atoms with Gasteiger partial charge in [0.05, 0.1) is 0 Å². The van der Waals surface area contributed by atoms with E-state index in [1.165, 1.54) is 0 Å². The van der Waals surface area contributed by atoms with Crippen molar-refractivity contribution >= 4 is 5.91 Å². The molecule has 5 nitrogen and oxygen atoms in total. The van der Waals surface area contributed by atoms with Crippen LogP contribution in [0.15, 0.2) is 17.1 Å². The molecule has 2 fully saturated rings. The molecule has 3 heterocycles. The van der Waals surface area contributed by atoms with Crippen LogP contribution in [-0.4, -0.2) is 40.5 Å². The number of nitrogens with one attached hydrogen (secondary N) is 1. The lowest BCUT2D eigenvalue weighted by Gasteiger charge is -2.27. The minimum absolute atomic E-state index is 0.0916. The predicted molar refractivity (Wildman–Crippen MR) is 95.4 cm³/mol. The second-order valence-corrected chi connectivity index (χ2v) is 7.53. The highest BCUT2D eigenvalue weighted by molar-refractivity contribution is 5.95. The fourth-order valence-electron chi connectivity index (χ4n) is 4.15. The number of amides is 1. The van der Waals surface area contributed by atoms with Crippen LogP contribution in [0.25, 0.3) is 0 Å². The van der Waals surface area contributed by atoms with Gasteiger partial charge in [-0.1, -0.05) is 0 Å². The first-order chi connectivity index (χ1) is 11.5. The number of carbonyl (C=O) groups excluding carboxylic acids is 1. The van der Waals surface area contributed by atoms with Gasteiger partial charge in [0.25, 0.3) is 11.5 Å². The zero-order valence-corrected chi connectivity index (χ0v) is 15.0. The van der Waals surface area contributed by atoms with E-state index in [1.54, 1.807) is 4.57 Å². The minimum atomic E-state index is -0.128. The molecule has 1 amide bonds. The highest BCUT2D eigenvalue weighted by Crippen LogP contribution is 2.25. The number of aryl methyl sites for hydroxylation is 1. The normalized spacial score (nSPS) is 27.5. The summed E-state index contributed by atoms with van der Waals surface area (Å²) < 4.78 is 1.74. The van der Waals surface area contributed by atoms with E-state index in [4.69, 9.17) is 0 Å². The molecule has 0 bridgehead atoms. The van der Waals surface area contributed by atoms with Gasteiger partial charge < -0.3 is 14.8 Å². The fraction of sp³-hybridized carbons (Fsp3) is 0.684. The molecule has 5 heteroatoms. The number of likely N-dealkylation sites (tertiary alicyclic amines) is 1. The van der Waals surface area contributed by atoms with Crippen LogP contribution in [-0.2, 0) is 6.54 Å². The van der Waals surface area contributed by atoms with E-state index in [2.05, 4.69) is 19.2 Å². The zero-order valence-electron chi connectivity index (χ0n) is 15.0. The Kier molecular flexibility index (Phi) is 5.09. The smallest absolute Gasteiger partial charge is 0.263 e. The van der Waals surface area contributed by atoms with Crippen molar-refractivity contribution in [2.24, 2.45) is 5.92 Å². The first-order valence-corrected chi connectivity index (χ1v) is 9.22. The van der Waals surface area contributed by atoms with Gasteiger partial charge in [-0.2, -0.15) is 0 Å². The Morgan fingerprint density at radius 2 is 1.96 bits per heavy atom. The molecule has 3 atom stereocenters. The monoisotopic (exact) mass is 331 g/mol. The lowest BCUT2D eigenvalue weighted by atomic mass is 9.99. The Labute approximate surface area is 144 Å². The zero-order chi connectivity index (χ0) is 17.3. The van der Waals surface area contributed by atoms with Crippen LogP contribution in [0.4, 0.5) is 0 Å². The standard InChI is InChI=1S/C19H29N3O2/c1-13-8-10-21(12-16-5-4-9-20-11-16)18(23)17(13)19(24)22-14(2)6-7-15(22)3/h8,10,14-16,20H,4-7,9,11-12H2,1-3H3/t14-,15+,16?. The van der Waals surface area contributed by atoms with Crippen LogP contribution < -0.4 is 10.9 Å². The van der Waals surface area contributed by atoms with E-state index < -0.39 is 0 Å². The first-order valence-electron chi connectivity index (χ1n) is 9.22. The Hall–Kier alpha value is -1.62. The molecule has 2 aliphatic rings. The number of rotatable bonds is 3. The van der Waals surface area contributed by atoms with Crippen molar-refractivity contribution in [1.82, 2.24) is 14.8 Å². The highest BCUT2D eigenvalue weighted by Gasteiger charge is 2.34. The maximum absolute atomic E-state index is 13.1. The Morgan fingerprint density at radius 1 is 1.25 bits per heavy atom. The predicted octanol–water partition coefficient (Wildman–Crippen LogP) is 2.17. The summed E-state index contributed by atoms with van der Waals surface area (Å²) in [7, 11) is 0. The summed E-state index contributed by atoms with van der Waals surface area (Å²) in [5, 5.41) is 3.39. The molecule has 1 N–H and O–H groups in total. The molecule has 0 aliphatic carbocycles. The molecule has 24 heavy (non-hydrogen) atoms. The van der Waals surface area contributed by atoms with Crippen LogP contribution in [0.2, 0.25) is 0 Å². The van der Waals surface area contributed by atoms with Crippen molar-refractivity contribution in [3.63, 3.8) is 0 Å². The third kappa shape index (κ3) is 3.27. The largest absolute Gasteiger partial charge is 0.333 e. The molecule has 1 unspecified atom stereocenters. The van der Waals surface area contributed by atoms with Gasteiger partial charge in [0.2, 0.25) is 0 Å². The molecule has 0 aromatic carbocycles. The molecule has 0 radical (unpaired) electrons. The van der Waals surface area contributed by atoms with Crippen molar-refractivity contribution in [2.45, 2.75) is 65.1 Å². The average Bonchev–Trinajstić information content (AvgIpc) is 2.90. The van der Waals surface area contributed by atoms with Gasteiger partial charge in [-0.15, -0.1) is 0 Å². The van der Waals surface area contributed by atoms with Gasteiger partial charge in [-0.3, -0.25) is 9.59 Å². The number of nitrogens with zero attached hydrogens (tertiary/aromatic N) is 2. The highest BCUT2D eigenvalue weighted by atomic mass is 16.2. The quantitative estimate of drug-likeness (QED) is 0.923. The van der Waals surface area contributed by atoms with Crippen molar-refractivity contribution < 1.29 is 4.79 Å². The van der Waals surface area contributed by atoms with E-state index in [1.807, 2.05) is 24.1 Å². The molecule has 132 valence electrons. The van der Waals surface area contributed by atoms with E-state index in [-0.39, 0.29) is 23.6 Å². The molecule has 2 saturated heterocycles. The fourth-order valence-corrected chi connectivity index (χ4v) is 4.15. The molecule has 1 aromatic heterocycles.